The lowest BCUT2D eigenvalue weighted by molar-refractivity contribution is -0.133. The number of aryl methyl sites for hydroxylation is 1. The van der Waals surface area contributed by atoms with Gasteiger partial charge in [0.2, 0.25) is 5.91 Å². The fraction of sp³-hybridized carbons (Fsp3) is 0.667. The van der Waals surface area contributed by atoms with E-state index in [1.165, 1.54) is 5.56 Å². The molecule has 1 N–H and O–H groups in total. The van der Waals surface area contributed by atoms with E-state index in [-0.39, 0.29) is 18.6 Å². The second kappa shape index (κ2) is 9.93. The molecule has 0 unspecified atom stereocenters. The van der Waals surface area contributed by atoms with E-state index < -0.39 is 0 Å². The maximum absolute atomic E-state index is 12.8. The summed E-state index contributed by atoms with van der Waals surface area (Å²) in [5.74, 6) is 1.04. The molecule has 1 saturated heterocycles. The summed E-state index contributed by atoms with van der Waals surface area (Å²) in [6.45, 7) is 10.4. The van der Waals surface area contributed by atoms with E-state index in [9.17, 15) is 9.90 Å². The van der Waals surface area contributed by atoms with E-state index in [0.717, 1.165) is 39.0 Å². The van der Waals surface area contributed by atoms with Crippen molar-refractivity contribution in [2.75, 3.05) is 32.8 Å². The predicted molar refractivity (Wildman–Crippen MR) is 102 cm³/mol. The molecule has 2 rings (SSSR count). The molecular weight excluding hydrogens is 312 g/mol. The first-order valence-electron chi connectivity index (χ1n) is 9.81. The topological polar surface area (TPSA) is 43.8 Å². The van der Waals surface area contributed by atoms with Crippen molar-refractivity contribution in [2.24, 2.45) is 11.8 Å². The summed E-state index contributed by atoms with van der Waals surface area (Å²) in [6.07, 6.45) is 2.35. The number of hydrogen-bond acceptors (Lipinski definition) is 3. The van der Waals surface area contributed by atoms with Gasteiger partial charge in [0.1, 0.15) is 0 Å². The molecule has 4 heteroatoms. The number of carbonyl (C=O) groups is 1. The van der Waals surface area contributed by atoms with Crippen LogP contribution in [0, 0.1) is 11.8 Å². The molecule has 4 nitrogen and oxygen atoms in total. The van der Waals surface area contributed by atoms with Gasteiger partial charge in [-0.15, -0.1) is 0 Å². The minimum atomic E-state index is -0.0335. The van der Waals surface area contributed by atoms with E-state index in [0.29, 0.717) is 18.3 Å². The summed E-state index contributed by atoms with van der Waals surface area (Å²) >= 11 is 0. The van der Waals surface area contributed by atoms with Crippen LogP contribution < -0.4 is 0 Å². The maximum Gasteiger partial charge on any atom is 0.223 e. The molecule has 0 aliphatic carbocycles. The van der Waals surface area contributed by atoms with Gasteiger partial charge < -0.3 is 14.9 Å². The molecule has 1 heterocycles. The third-order valence-electron chi connectivity index (χ3n) is 5.80. The van der Waals surface area contributed by atoms with Gasteiger partial charge in [-0.1, -0.05) is 57.5 Å². The Hall–Kier alpha value is -1.39. The van der Waals surface area contributed by atoms with Gasteiger partial charge in [-0.25, -0.2) is 0 Å². The maximum atomic E-state index is 12.8. The monoisotopic (exact) mass is 346 g/mol. The molecule has 3 atom stereocenters. The second-order valence-electron chi connectivity index (χ2n) is 7.10. The smallest absolute Gasteiger partial charge is 0.223 e. The zero-order chi connectivity index (χ0) is 18.2. The third kappa shape index (κ3) is 5.05. The molecule has 1 aromatic rings. The highest BCUT2D eigenvalue weighted by Gasteiger charge is 2.42. The largest absolute Gasteiger partial charge is 0.394 e. The normalized spacial score (nSPS) is 23.4. The zero-order valence-corrected chi connectivity index (χ0v) is 16.0. The second-order valence-corrected chi connectivity index (χ2v) is 7.10. The number of nitrogens with zero attached hydrogens (tertiary/aromatic N) is 2. The SMILES string of the molecule is CC[C@@H]1CN(C(=O)CCc2ccccc2)[C@H](CO)[C@@H]1CN(CC)CC. The van der Waals surface area contributed by atoms with Gasteiger partial charge in [0.25, 0.3) is 0 Å². The summed E-state index contributed by atoms with van der Waals surface area (Å²) in [7, 11) is 0. The van der Waals surface area contributed by atoms with Gasteiger partial charge in [0.05, 0.1) is 12.6 Å². The van der Waals surface area contributed by atoms with E-state index in [1.54, 1.807) is 0 Å². The van der Waals surface area contributed by atoms with Crippen LogP contribution in [0.5, 0.6) is 0 Å². The van der Waals surface area contributed by atoms with Crippen molar-refractivity contribution in [1.82, 2.24) is 9.80 Å². The summed E-state index contributed by atoms with van der Waals surface area (Å²) in [5, 5.41) is 10.0. The molecule has 0 saturated carbocycles. The highest BCUT2D eigenvalue weighted by Crippen LogP contribution is 2.33. The summed E-state index contributed by atoms with van der Waals surface area (Å²) in [5.41, 5.74) is 1.20. The van der Waals surface area contributed by atoms with Crippen LogP contribution in [0.3, 0.4) is 0 Å². The van der Waals surface area contributed by atoms with Crippen LogP contribution >= 0.6 is 0 Å². The Kier molecular flexibility index (Phi) is 7.91. The first kappa shape index (κ1) is 19.9. The number of hydrogen-bond donors (Lipinski definition) is 1. The van der Waals surface area contributed by atoms with Crippen LogP contribution in [0.2, 0.25) is 0 Å². The molecule has 1 aromatic carbocycles. The minimum Gasteiger partial charge on any atom is -0.394 e. The lowest BCUT2D eigenvalue weighted by Gasteiger charge is -2.31. The fourth-order valence-corrected chi connectivity index (χ4v) is 4.11. The van der Waals surface area contributed by atoms with Crippen molar-refractivity contribution in [3.63, 3.8) is 0 Å². The first-order chi connectivity index (χ1) is 12.1. The first-order valence-corrected chi connectivity index (χ1v) is 9.81. The van der Waals surface area contributed by atoms with Crippen LogP contribution in [0.15, 0.2) is 30.3 Å². The number of aliphatic hydroxyl groups excluding tert-OH is 1. The number of carbonyl (C=O) groups excluding carboxylic acids is 1. The van der Waals surface area contributed by atoms with Gasteiger partial charge in [-0.3, -0.25) is 4.79 Å². The Morgan fingerprint density at radius 2 is 1.88 bits per heavy atom. The summed E-state index contributed by atoms with van der Waals surface area (Å²) in [6, 6.07) is 10.1. The van der Waals surface area contributed by atoms with Crippen molar-refractivity contribution in [3.8, 4) is 0 Å². The lowest BCUT2D eigenvalue weighted by Crippen LogP contribution is -2.43. The molecule has 140 valence electrons. The van der Waals surface area contributed by atoms with Crippen molar-refractivity contribution in [2.45, 2.75) is 46.1 Å². The average molecular weight is 347 g/mol. The fourth-order valence-electron chi connectivity index (χ4n) is 4.11. The Morgan fingerprint density at radius 3 is 2.44 bits per heavy atom. The van der Waals surface area contributed by atoms with Gasteiger partial charge in [0.15, 0.2) is 0 Å². The number of likely N-dealkylation sites (tertiary alicyclic amines) is 1. The van der Waals surface area contributed by atoms with E-state index in [4.69, 9.17) is 0 Å². The van der Waals surface area contributed by atoms with Crippen molar-refractivity contribution < 1.29 is 9.90 Å². The average Bonchev–Trinajstić information content (AvgIpc) is 3.02. The van der Waals surface area contributed by atoms with E-state index >= 15 is 0 Å². The molecule has 1 fully saturated rings. The lowest BCUT2D eigenvalue weighted by atomic mass is 9.88. The minimum absolute atomic E-state index is 0.0335. The van der Waals surface area contributed by atoms with Gasteiger partial charge in [0, 0.05) is 19.5 Å². The quantitative estimate of drug-likeness (QED) is 0.748. The number of rotatable bonds is 9. The number of aliphatic hydroxyl groups is 1. The molecule has 0 bridgehead atoms. The highest BCUT2D eigenvalue weighted by atomic mass is 16.3. The van der Waals surface area contributed by atoms with Gasteiger partial charge in [-0.05, 0) is 36.9 Å². The van der Waals surface area contributed by atoms with Gasteiger partial charge >= 0.3 is 0 Å². The zero-order valence-electron chi connectivity index (χ0n) is 16.0. The van der Waals surface area contributed by atoms with Crippen LogP contribution in [0.1, 0.15) is 39.2 Å². The van der Waals surface area contributed by atoms with E-state index in [2.05, 4.69) is 37.8 Å². The summed E-state index contributed by atoms with van der Waals surface area (Å²) < 4.78 is 0. The molecule has 25 heavy (non-hydrogen) atoms. The van der Waals surface area contributed by atoms with Gasteiger partial charge in [-0.2, -0.15) is 0 Å². The standard InChI is InChI=1S/C21H34N2O2/c1-4-18-14-23(20(16-24)19(18)15-22(5-2)6-3)21(25)13-12-17-10-8-7-9-11-17/h7-11,18-20,24H,4-6,12-16H2,1-3H3/t18-,19-,20-/m1/s1. The van der Waals surface area contributed by atoms with Crippen molar-refractivity contribution in [3.05, 3.63) is 35.9 Å². The summed E-state index contributed by atoms with van der Waals surface area (Å²) in [4.78, 5) is 17.2. The van der Waals surface area contributed by atoms with Crippen LogP contribution in [0.4, 0.5) is 0 Å². The Labute approximate surface area is 152 Å². The van der Waals surface area contributed by atoms with E-state index in [1.807, 2.05) is 23.1 Å². The Morgan fingerprint density at radius 1 is 1.20 bits per heavy atom. The predicted octanol–water partition coefficient (Wildman–Crippen LogP) is 2.81. The Balaban J connectivity index is 2.02. The molecule has 0 aromatic heterocycles. The number of amides is 1. The number of benzene rings is 1. The molecule has 1 aliphatic heterocycles. The molecule has 0 radical (unpaired) electrons. The van der Waals surface area contributed by atoms with Crippen LogP contribution in [-0.2, 0) is 11.2 Å². The van der Waals surface area contributed by atoms with Crippen molar-refractivity contribution >= 4 is 5.91 Å². The van der Waals surface area contributed by atoms with Crippen LogP contribution in [0.25, 0.3) is 0 Å². The highest BCUT2D eigenvalue weighted by molar-refractivity contribution is 5.77. The molecule has 1 amide bonds. The van der Waals surface area contributed by atoms with Crippen LogP contribution in [-0.4, -0.2) is 59.6 Å². The molecular formula is C21H34N2O2. The van der Waals surface area contributed by atoms with Crippen molar-refractivity contribution in [1.29, 1.82) is 0 Å². The third-order valence-corrected chi connectivity index (χ3v) is 5.80. The molecule has 0 spiro atoms. The Bertz CT molecular complexity index is 516. The molecule has 1 aliphatic rings.